The first-order chi connectivity index (χ1) is 7.57. The van der Waals surface area contributed by atoms with Gasteiger partial charge in [-0.1, -0.05) is 13.8 Å². The van der Waals surface area contributed by atoms with Crippen LogP contribution in [0.1, 0.15) is 46.0 Å². The van der Waals surface area contributed by atoms with Gasteiger partial charge in [-0.15, -0.1) is 0 Å². The molecule has 1 N–H and O–H groups in total. The Morgan fingerprint density at radius 2 is 2.19 bits per heavy atom. The molecule has 0 bridgehead atoms. The molecule has 1 rings (SSSR count). The van der Waals surface area contributed by atoms with Crippen LogP contribution in [0, 0.1) is 16.7 Å². The van der Waals surface area contributed by atoms with E-state index in [1.54, 1.807) is 0 Å². The molecule has 1 saturated carbocycles. The summed E-state index contributed by atoms with van der Waals surface area (Å²) in [5.41, 5.74) is 0.257. The predicted octanol–water partition coefficient (Wildman–Crippen LogP) is 3.19. The number of nitrogens with zero attached hydrogens (tertiary/aromatic N) is 1. The third-order valence-corrected chi connectivity index (χ3v) is 4.60. The fourth-order valence-corrected chi connectivity index (χ4v) is 3.04. The second-order valence-corrected chi connectivity index (χ2v) is 6.71. The molecule has 1 aliphatic rings. The Morgan fingerprint density at radius 1 is 1.44 bits per heavy atom. The maximum absolute atomic E-state index is 8.60. The molecule has 0 amide bonds. The molecule has 1 aliphatic carbocycles. The molecule has 0 heterocycles. The van der Waals surface area contributed by atoms with E-state index >= 15 is 0 Å². The number of hydrogen-bond donors (Lipinski definition) is 1. The van der Waals surface area contributed by atoms with Crippen molar-refractivity contribution >= 4 is 11.8 Å². The van der Waals surface area contributed by atoms with E-state index < -0.39 is 0 Å². The smallest absolute Gasteiger partial charge is 0.0621 e. The highest BCUT2D eigenvalue weighted by Crippen LogP contribution is 2.29. The number of rotatable bonds is 6. The van der Waals surface area contributed by atoms with E-state index in [2.05, 4.69) is 31.5 Å². The lowest BCUT2D eigenvalue weighted by molar-refractivity contribution is 0.300. The fraction of sp³-hybridized carbons (Fsp3) is 0.923. The predicted molar refractivity (Wildman–Crippen MR) is 71.6 cm³/mol. The van der Waals surface area contributed by atoms with Gasteiger partial charge < -0.3 is 5.32 Å². The maximum Gasteiger partial charge on any atom is 0.0621 e. The quantitative estimate of drug-likeness (QED) is 0.774. The van der Waals surface area contributed by atoms with E-state index in [4.69, 9.17) is 5.26 Å². The highest BCUT2D eigenvalue weighted by atomic mass is 32.2. The molecule has 92 valence electrons. The van der Waals surface area contributed by atoms with E-state index in [0.717, 1.165) is 18.2 Å². The van der Waals surface area contributed by atoms with Crippen LogP contribution in [0.4, 0.5) is 0 Å². The summed E-state index contributed by atoms with van der Waals surface area (Å²) in [6.45, 7) is 5.54. The minimum atomic E-state index is 0.257. The van der Waals surface area contributed by atoms with E-state index in [1.807, 2.05) is 11.8 Å². The minimum absolute atomic E-state index is 0.257. The summed E-state index contributed by atoms with van der Waals surface area (Å²) in [5.74, 6) is 0. The summed E-state index contributed by atoms with van der Waals surface area (Å²) in [4.78, 5) is 0. The largest absolute Gasteiger partial charge is 0.313 e. The van der Waals surface area contributed by atoms with Gasteiger partial charge in [0.25, 0.3) is 0 Å². The van der Waals surface area contributed by atoms with Crippen LogP contribution >= 0.6 is 11.8 Å². The van der Waals surface area contributed by atoms with Crippen molar-refractivity contribution in [2.45, 2.75) is 57.2 Å². The van der Waals surface area contributed by atoms with Crippen molar-refractivity contribution < 1.29 is 0 Å². The first-order valence-electron chi connectivity index (χ1n) is 6.20. The normalized spacial score (nSPS) is 25.6. The molecule has 0 spiro atoms. The summed E-state index contributed by atoms with van der Waals surface area (Å²) in [6, 6.07) is 2.94. The number of nitrogens with one attached hydrogen (secondary N) is 1. The molecule has 0 aliphatic heterocycles. The first kappa shape index (κ1) is 13.9. The summed E-state index contributed by atoms with van der Waals surface area (Å²) < 4.78 is 0. The second kappa shape index (κ2) is 6.51. The minimum Gasteiger partial charge on any atom is -0.313 e. The van der Waals surface area contributed by atoms with E-state index in [1.165, 1.54) is 19.3 Å². The van der Waals surface area contributed by atoms with Gasteiger partial charge in [0.05, 0.1) is 6.07 Å². The van der Waals surface area contributed by atoms with Gasteiger partial charge in [-0.25, -0.2) is 0 Å². The van der Waals surface area contributed by atoms with Gasteiger partial charge in [-0.3, -0.25) is 0 Å². The number of hydrogen-bond acceptors (Lipinski definition) is 3. The lowest BCUT2D eigenvalue weighted by atomic mass is 9.87. The van der Waals surface area contributed by atoms with E-state index in [-0.39, 0.29) is 5.41 Å². The van der Waals surface area contributed by atoms with Crippen molar-refractivity contribution in [1.82, 2.24) is 5.32 Å². The Balaban J connectivity index is 2.21. The fourth-order valence-electron chi connectivity index (χ4n) is 2.24. The SMILES string of the molecule is CS[C@@H]1CC[C@H](NCC(C)(C)CCC#N)C1. The van der Waals surface area contributed by atoms with Gasteiger partial charge in [0.2, 0.25) is 0 Å². The maximum atomic E-state index is 8.60. The van der Waals surface area contributed by atoms with Gasteiger partial charge in [0, 0.05) is 24.3 Å². The summed E-state index contributed by atoms with van der Waals surface area (Å²) in [7, 11) is 0. The summed E-state index contributed by atoms with van der Waals surface area (Å²) >= 11 is 2.00. The van der Waals surface area contributed by atoms with Gasteiger partial charge in [0.15, 0.2) is 0 Å². The van der Waals surface area contributed by atoms with Crippen molar-refractivity contribution in [2.24, 2.45) is 5.41 Å². The topological polar surface area (TPSA) is 35.8 Å². The molecule has 2 atom stereocenters. The van der Waals surface area contributed by atoms with Crippen molar-refractivity contribution in [3.63, 3.8) is 0 Å². The van der Waals surface area contributed by atoms with Crippen molar-refractivity contribution in [1.29, 1.82) is 5.26 Å². The molecule has 0 aromatic rings. The summed E-state index contributed by atoms with van der Waals surface area (Å²) in [5, 5.41) is 13.1. The lowest BCUT2D eigenvalue weighted by Crippen LogP contribution is -2.35. The first-order valence-corrected chi connectivity index (χ1v) is 7.49. The van der Waals surface area contributed by atoms with Crippen LogP contribution in [0.2, 0.25) is 0 Å². The number of nitriles is 1. The molecule has 0 aromatic heterocycles. The highest BCUT2D eigenvalue weighted by Gasteiger charge is 2.25. The van der Waals surface area contributed by atoms with Crippen LogP contribution in [0.5, 0.6) is 0 Å². The van der Waals surface area contributed by atoms with Gasteiger partial charge in [-0.05, 0) is 37.4 Å². The molecule has 3 heteroatoms. The molecule has 0 unspecified atom stereocenters. The molecule has 2 nitrogen and oxygen atoms in total. The average Bonchev–Trinajstić information content (AvgIpc) is 2.72. The van der Waals surface area contributed by atoms with E-state index in [0.29, 0.717) is 12.5 Å². The molecular formula is C13H24N2S. The Morgan fingerprint density at radius 3 is 2.75 bits per heavy atom. The molecule has 0 aromatic carbocycles. The molecule has 0 radical (unpaired) electrons. The van der Waals surface area contributed by atoms with Crippen LogP contribution in [0.15, 0.2) is 0 Å². The average molecular weight is 240 g/mol. The molecule has 16 heavy (non-hydrogen) atoms. The summed E-state index contributed by atoms with van der Waals surface area (Å²) in [6.07, 6.45) is 7.87. The van der Waals surface area contributed by atoms with Crippen molar-refractivity contribution in [2.75, 3.05) is 12.8 Å². The van der Waals surface area contributed by atoms with Crippen LogP contribution in [-0.4, -0.2) is 24.1 Å². The van der Waals surface area contributed by atoms with Gasteiger partial charge in [-0.2, -0.15) is 17.0 Å². The standard InChI is InChI=1S/C13H24N2S/c1-13(2,7-4-8-14)10-15-11-5-6-12(9-11)16-3/h11-12,15H,4-7,9-10H2,1-3H3/t11-,12+/m0/s1. The highest BCUT2D eigenvalue weighted by molar-refractivity contribution is 7.99. The van der Waals surface area contributed by atoms with E-state index in [9.17, 15) is 0 Å². The van der Waals surface area contributed by atoms with Crippen molar-refractivity contribution in [3.8, 4) is 6.07 Å². The third kappa shape index (κ3) is 4.76. The zero-order valence-corrected chi connectivity index (χ0v) is 11.6. The zero-order valence-electron chi connectivity index (χ0n) is 10.8. The van der Waals surface area contributed by atoms with Crippen LogP contribution in [0.25, 0.3) is 0 Å². The zero-order chi connectivity index (χ0) is 12.0. The Bertz CT molecular complexity index is 245. The van der Waals surface area contributed by atoms with Gasteiger partial charge >= 0.3 is 0 Å². The Kier molecular flexibility index (Phi) is 5.64. The van der Waals surface area contributed by atoms with Crippen molar-refractivity contribution in [3.05, 3.63) is 0 Å². The van der Waals surface area contributed by atoms with Crippen LogP contribution < -0.4 is 5.32 Å². The second-order valence-electron chi connectivity index (χ2n) is 5.57. The monoisotopic (exact) mass is 240 g/mol. The lowest BCUT2D eigenvalue weighted by Gasteiger charge is -2.26. The molecule has 0 saturated heterocycles. The Labute approximate surface area is 104 Å². The molecular weight excluding hydrogens is 216 g/mol. The third-order valence-electron chi connectivity index (χ3n) is 3.50. The molecule has 1 fully saturated rings. The van der Waals surface area contributed by atoms with Crippen LogP contribution in [-0.2, 0) is 0 Å². The number of thioether (sulfide) groups is 1. The van der Waals surface area contributed by atoms with Gasteiger partial charge in [0.1, 0.15) is 0 Å². The Hall–Kier alpha value is -0.200. The van der Waals surface area contributed by atoms with Crippen LogP contribution in [0.3, 0.4) is 0 Å².